The summed E-state index contributed by atoms with van der Waals surface area (Å²) in [7, 11) is 0. The number of carbonyl (C=O) groups is 1. The van der Waals surface area contributed by atoms with E-state index in [0.717, 1.165) is 82.2 Å². The quantitative estimate of drug-likeness (QED) is 0.200. The van der Waals surface area contributed by atoms with Crippen molar-refractivity contribution in [2.45, 2.75) is 44.8 Å². The summed E-state index contributed by atoms with van der Waals surface area (Å²) in [5.41, 5.74) is 4.46. The summed E-state index contributed by atoms with van der Waals surface area (Å²) in [4.78, 5) is 25.1. The fourth-order valence-corrected chi connectivity index (χ4v) is 6.81. The molecule has 1 unspecified atom stereocenters. The van der Waals surface area contributed by atoms with E-state index < -0.39 is 0 Å². The Labute approximate surface area is 261 Å². The monoisotopic (exact) mass is 595 g/mol. The molecule has 4 aromatic rings. The largest absolute Gasteiger partial charge is 0.445 e. The number of anilines is 1. The van der Waals surface area contributed by atoms with Gasteiger partial charge >= 0.3 is 6.09 Å². The minimum absolute atomic E-state index is 0.0771. The van der Waals surface area contributed by atoms with Crippen molar-refractivity contribution in [3.8, 4) is 0 Å². The van der Waals surface area contributed by atoms with Gasteiger partial charge in [0.05, 0.1) is 17.6 Å². The zero-order chi connectivity index (χ0) is 30.2. The van der Waals surface area contributed by atoms with Crippen LogP contribution in [-0.2, 0) is 28.0 Å². The maximum atomic E-state index is 13.1. The number of amides is 1. The van der Waals surface area contributed by atoms with Crippen LogP contribution in [0.1, 0.15) is 37.3 Å². The van der Waals surface area contributed by atoms with Gasteiger partial charge in [0.1, 0.15) is 6.61 Å². The smallest absolute Gasteiger partial charge is 0.410 e. The van der Waals surface area contributed by atoms with E-state index in [1.165, 1.54) is 11.1 Å². The minimum atomic E-state index is -0.218. The summed E-state index contributed by atoms with van der Waals surface area (Å²) in [5, 5.41) is 0. The van der Waals surface area contributed by atoms with Crippen molar-refractivity contribution in [3.63, 3.8) is 0 Å². The van der Waals surface area contributed by atoms with Crippen molar-refractivity contribution in [1.82, 2.24) is 19.4 Å². The SMILES string of the molecule is CCOCCn1c(N2CCCN(CCC3(c4ccccc4)CCN(C(=O)OCc4ccccc4)C3)CC2)nc2ccccc21. The summed E-state index contributed by atoms with van der Waals surface area (Å²) in [6, 6.07) is 29.1. The van der Waals surface area contributed by atoms with E-state index in [-0.39, 0.29) is 11.5 Å². The molecule has 0 radical (unpaired) electrons. The van der Waals surface area contributed by atoms with Gasteiger partial charge in [-0.15, -0.1) is 0 Å². The molecule has 1 atom stereocenters. The molecule has 44 heavy (non-hydrogen) atoms. The molecule has 0 bridgehead atoms. The van der Waals surface area contributed by atoms with Crippen LogP contribution in [0.25, 0.3) is 11.0 Å². The van der Waals surface area contributed by atoms with Crippen LogP contribution in [0.4, 0.5) is 10.7 Å². The van der Waals surface area contributed by atoms with Crippen molar-refractivity contribution in [2.75, 3.05) is 63.9 Å². The summed E-state index contributed by atoms with van der Waals surface area (Å²) >= 11 is 0. The first kappa shape index (κ1) is 30.2. The van der Waals surface area contributed by atoms with Gasteiger partial charge in [-0.25, -0.2) is 9.78 Å². The van der Waals surface area contributed by atoms with Crippen molar-refractivity contribution >= 4 is 23.1 Å². The van der Waals surface area contributed by atoms with Crippen molar-refractivity contribution < 1.29 is 14.3 Å². The first-order valence-corrected chi connectivity index (χ1v) is 16.2. The number of para-hydroxylation sites is 2. The van der Waals surface area contributed by atoms with Gasteiger partial charge in [-0.3, -0.25) is 0 Å². The van der Waals surface area contributed by atoms with Gasteiger partial charge in [-0.05, 0) is 62.5 Å². The number of benzene rings is 3. The number of ether oxygens (including phenoxy) is 2. The molecular formula is C36H45N5O3. The van der Waals surface area contributed by atoms with E-state index in [1.54, 1.807) is 0 Å². The summed E-state index contributed by atoms with van der Waals surface area (Å²) in [6.45, 7) is 10.9. The molecule has 0 N–H and O–H groups in total. The predicted octanol–water partition coefficient (Wildman–Crippen LogP) is 5.96. The average Bonchev–Trinajstić information content (AvgIpc) is 3.59. The summed E-state index contributed by atoms with van der Waals surface area (Å²) in [6.07, 6.45) is 2.82. The lowest BCUT2D eigenvalue weighted by Crippen LogP contribution is -2.39. The van der Waals surface area contributed by atoms with Gasteiger partial charge in [-0.2, -0.15) is 0 Å². The average molecular weight is 596 g/mol. The van der Waals surface area contributed by atoms with Crippen LogP contribution in [0.2, 0.25) is 0 Å². The molecule has 0 spiro atoms. The van der Waals surface area contributed by atoms with Gasteiger partial charge in [-0.1, -0.05) is 72.8 Å². The predicted molar refractivity (Wildman–Crippen MR) is 175 cm³/mol. The number of likely N-dealkylation sites (tertiary alicyclic amines) is 1. The van der Waals surface area contributed by atoms with Gasteiger partial charge < -0.3 is 28.7 Å². The normalized spacial score (nSPS) is 19.4. The van der Waals surface area contributed by atoms with Gasteiger partial charge in [0.2, 0.25) is 5.95 Å². The van der Waals surface area contributed by atoms with Crippen LogP contribution in [-0.4, -0.2) is 84.5 Å². The molecule has 3 aromatic carbocycles. The standard InChI is InChI=1S/C36H45N5O3/c1-2-43-27-26-41-33-17-10-9-16-32(33)37-34(41)39-21-11-20-38(24-25-39)22-18-36(31-14-7-4-8-15-31)19-23-40(29-36)35(42)44-28-30-12-5-3-6-13-30/h3-10,12-17H,2,11,18-29H2,1H3. The second-order valence-electron chi connectivity index (χ2n) is 12.0. The zero-order valence-corrected chi connectivity index (χ0v) is 25.9. The number of aromatic nitrogens is 2. The highest BCUT2D eigenvalue weighted by Crippen LogP contribution is 2.38. The third kappa shape index (κ3) is 6.92. The Morgan fingerprint density at radius 1 is 0.864 bits per heavy atom. The molecule has 6 rings (SSSR count). The Hall–Kier alpha value is -3.88. The lowest BCUT2D eigenvalue weighted by molar-refractivity contribution is 0.101. The lowest BCUT2D eigenvalue weighted by atomic mass is 9.76. The first-order chi connectivity index (χ1) is 21.6. The maximum absolute atomic E-state index is 13.1. The van der Waals surface area contributed by atoms with E-state index in [2.05, 4.69) is 69.0 Å². The minimum Gasteiger partial charge on any atom is -0.445 e. The highest BCUT2D eigenvalue weighted by atomic mass is 16.6. The van der Waals surface area contributed by atoms with Crippen LogP contribution in [0, 0.1) is 0 Å². The third-order valence-corrected chi connectivity index (χ3v) is 9.28. The van der Waals surface area contributed by atoms with Crippen LogP contribution >= 0.6 is 0 Å². The van der Waals surface area contributed by atoms with E-state index in [9.17, 15) is 4.79 Å². The summed E-state index contributed by atoms with van der Waals surface area (Å²) in [5.74, 6) is 1.05. The van der Waals surface area contributed by atoms with E-state index in [1.807, 2.05) is 42.2 Å². The van der Waals surface area contributed by atoms with Crippen molar-refractivity contribution in [2.24, 2.45) is 0 Å². The van der Waals surface area contributed by atoms with Crippen LogP contribution < -0.4 is 4.90 Å². The van der Waals surface area contributed by atoms with Gasteiger partial charge in [0.25, 0.3) is 0 Å². The van der Waals surface area contributed by atoms with Crippen molar-refractivity contribution in [3.05, 3.63) is 96.1 Å². The zero-order valence-electron chi connectivity index (χ0n) is 25.9. The Morgan fingerprint density at radius 3 is 2.45 bits per heavy atom. The van der Waals surface area contributed by atoms with E-state index in [4.69, 9.17) is 14.5 Å². The molecule has 1 aromatic heterocycles. The molecule has 8 nitrogen and oxygen atoms in total. The molecule has 232 valence electrons. The molecule has 0 aliphatic carbocycles. The Bertz CT molecular complexity index is 1490. The number of imidazole rings is 1. The molecule has 2 aliphatic rings. The number of fused-ring (bicyclic) bond motifs is 1. The number of hydrogen-bond donors (Lipinski definition) is 0. The molecule has 1 amide bonds. The molecule has 2 saturated heterocycles. The first-order valence-electron chi connectivity index (χ1n) is 16.2. The Morgan fingerprint density at radius 2 is 1.64 bits per heavy atom. The highest BCUT2D eigenvalue weighted by Gasteiger charge is 2.42. The Kier molecular flexibility index (Phi) is 9.78. The molecule has 0 saturated carbocycles. The van der Waals surface area contributed by atoms with Crippen LogP contribution in [0.5, 0.6) is 0 Å². The third-order valence-electron chi connectivity index (χ3n) is 9.28. The fraction of sp³-hybridized carbons (Fsp3) is 0.444. The molecule has 8 heteroatoms. The molecule has 2 fully saturated rings. The highest BCUT2D eigenvalue weighted by molar-refractivity contribution is 5.78. The molecular weight excluding hydrogens is 550 g/mol. The fourth-order valence-electron chi connectivity index (χ4n) is 6.81. The van der Waals surface area contributed by atoms with Crippen LogP contribution in [0.15, 0.2) is 84.9 Å². The van der Waals surface area contributed by atoms with Crippen LogP contribution in [0.3, 0.4) is 0 Å². The topological polar surface area (TPSA) is 63.1 Å². The number of rotatable bonds is 11. The van der Waals surface area contributed by atoms with Crippen molar-refractivity contribution in [1.29, 1.82) is 0 Å². The molecule has 3 heterocycles. The number of carbonyl (C=O) groups excluding carboxylic acids is 1. The number of hydrogen-bond acceptors (Lipinski definition) is 6. The Balaban J connectivity index is 1.10. The maximum Gasteiger partial charge on any atom is 0.410 e. The number of nitrogens with zero attached hydrogens (tertiary/aromatic N) is 5. The van der Waals surface area contributed by atoms with E-state index >= 15 is 0 Å². The van der Waals surface area contributed by atoms with Gasteiger partial charge in [0.15, 0.2) is 0 Å². The lowest BCUT2D eigenvalue weighted by Gasteiger charge is -2.32. The second kappa shape index (κ2) is 14.3. The second-order valence-corrected chi connectivity index (χ2v) is 12.0. The molecule has 2 aliphatic heterocycles. The van der Waals surface area contributed by atoms with E-state index in [0.29, 0.717) is 26.3 Å². The summed E-state index contributed by atoms with van der Waals surface area (Å²) < 4.78 is 13.8. The van der Waals surface area contributed by atoms with Gasteiger partial charge in [0, 0.05) is 51.3 Å².